The summed E-state index contributed by atoms with van der Waals surface area (Å²) in [7, 11) is 0. The smallest absolute Gasteiger partial charge is 0.235 e. The van der Waals surface area contributed by atoms with Gasteiger partial charge in [-0.05, 0) is 35.9 Å². The van der Waals surface area contributed by atoms with Crippen LogP contribution in [0.4, 0.5) is 10.1 Å². The number of hydrazine groups is 1. The largest absolute Gasteiger partial charge is 0.281 e. The summed E-state index contributed by atoms with van der Waals surface area (Å²) in [6.45, 7) is 1.92. The fraction of sp³-hybridized carbons (Fsp3) is 0.133. The minimum atomic E-state index is -0.308. The number of carbonyl (C=O) groups excluding carboxylic acids is 1. The van der Waals surface area contributed by atoms with Crippen molar-refractivity contribution < 1.29 is 9.18 Å². The van der Waals surface area contributed by atoms with Crippen LogP contribution in [0, 0.1) is 5.82 Å². The normalized spacial score (nSPS) is 10.2. The Labute approximate surface area is 125 Å². The van der Waals surface area contributed by atoms with Gasteiger partial charge in [0.15, 0.2) is 0 Å². The Balaban J connectivity index is 2.26. The van der Waals surface area contributed by atoms with E-state index in [1.807, 2.05) is 24.3 Å². The lowest BCUT2D eigenvalue weighted by atomic mass is 10.2. The van der Waals surface area contributed by atoms with Crippen LogP contribution >= 0.6 is 15.9 Å². The van der Waals surface area contributed by atoms with E-state index in [1.165, 1.54) is 19.1 Å². The molecule has 0 atom stereocenters. The topological polar surface area (TPSA) is 32.3 Å². The van der Waals surface area contributed by atoms with Gasteiger partial charge in [-0.25, -0.2) is 4.39 Å². The molecule has 2 aromatic carbocycles. The maximum Gasteiger partial charge on any atom is 0.235 e. The van der Waals surface area contributed by atoms with Crippen LogP contribution in [0.1, 0.15) is 12.5 Å². The van der Waals surface area contributed by atoms with E-state index >= 15 is 0 Å². The van der Waals surface area contributed by atoms with Crippen LogP contribution in [0.2, 0.25) is 0 Å². The molecule has 0 aliphatic carbocycles. The van der Waals surface area contributed by atoms with Gasteiger partial charge in [0.25, 0.3) is 0 Å². The molecular formula is C15H14BrFN2O. The third-order valence-corrected chi connectivity index (χ3v) is 3.49. The average molecular weight is 337 g/mol. The number of hydrogen-bond acceptors (Lipinski definition) is 2. The molecule has 0 aliphatic heterocycles. The molecular weight excluding hydrogens is 323 g/mol. The molecule has 3 nitrogen and oxygen atoms in total. The van der Waals surface area contributed by atoms with E-state index in [9.17, 15) is 9.18 Å². The molecule has 0 spiro atoms. The number of hydrogen-bond donors (Lipinski definition) is 1. The summed E-state index contributed by atoms with van der Waals surface area (Å²) in [5.41, 5.74) is 4.48. The molecule has 1 N–H and O–H groups in total. The monoisotopic (exact) mass is 336 g/mol. The Morgan fingerprint density at radius 3 is 2.45 bits per heavy atom. The number of anilines is 1. The van der Waals surface area contributed by atoms with Crippen molar-refractivity contribution in [1.29, 1.82) is 0 Å². The fourth-order valence-electron chi connectivity index (χ4n) is 1.80. The maximum absolute atomic E-state index is 13.0. The number of nitrogens with zero attached hydrogens (tertiary/aromatic N) is 1. The molecule has 0 bridgehead atoms. The Kier molecular flexibility index (Phi) is 4.74. The Morgan fingerprint density at radius 2 is 1.85 bits per heavy atom. The van der Waals surface area contributed by atoms with Gasteiger partial charge in [-0.1, -0.05) is 34.1 Å². The number of benzene rings is 2. The van der Waals surface area contributed by atoms with Crippen molar-refractivity contribution in [2.45, 2.75) is 13.5 Å². The first-order chi connectivity index (χ1) is 9.56. The molecule has 0 fully saturated rings. The van der Waals surface area contributed by atoms with Gasteiger partial charge >= 0.3 is 0 Å². The van der Waals surface area contributed by atoms with Crippen LogP contribution in [0.15, 0.2) is 53.0 Å². The second-order valence-electron chi connectivity index (χ2n) is 4.32. The van der Waals surface area contributed by atoms with Crippen molar-refractivity contribution >= 4 is 27.5 Å². The van der Waals surface area contributed by atoms with E-state index in [4.69, 9.17) is 0 Å². The summed E-state index contributed by atoms with van der Waals surface area (Å²) in [5, 5.41) is 1.68. The van der Waals surface area contributed by atoms with Crippen molar-refractivity contribution in [3.05, 3.63) is 64.4 Å². The predicted octanol–water partition coefficient (Wildman–Crippen LogP) is 3.65. The van der Waals surface area contributed by atoms with Crippen LogP contribution < -0.4 is 10.4 Å². The first-order valence-electron chi connectivity index (χ1n) is 6.10. The molecule has 0 saturated heterocycles. The molecule has 104 valence electrons. The highest BCUT2D eigenvalue weighted by molar-refractivity contribution is 9.10. The molecule has 20 heavy (non-hydrogen) atoms. The van der Waals surface area contributed by atoms with E-state index in [0.29, 0.717) is 6.54 Å². The lowest BCUT2D eigenvalue weighted by Gasteiger charge is -2.25. The molecule has 0 saturated carbocycles. The number of nitrogens with one attached hydrogen (secondary N) is 1. The van der Waals surface area contributed by atoms with E-state index in [-0.39, 0.29) is 11.7 Å². The van der Waals surface area contributed by atoms with Crippen LogP contribution in [0.3, 0.4) is 0 Å². The van der Waals surface area contributed by atoms with E-state index < -0.39 is 0 Å². The molecule has 0 unspecified atom stereocenters. The fourth-order valence-corrected chi connectivity index (χ4v) is 2.21. The van der Waals surface area contributed by atoms with Crippen LogP contribution in [-0.4, -0.2) is 5.91 Å². The minimum absolute atomic E-state index is 0.179. The second kappa shape index (κ2) is 6.52. The molecule has 5 heteroatoms. The molecule has 0 heterocycles. The van der Waals surface area contributed by atoms with E-state index in [1.54, 1.807) is 17.1 Å². The molecule has 1 amide bonds. The van der Waals surface area contributed by atoms with Crippen molar-refractivity contribution in [2.24, 2.45) is 0 Å². The van der Waals surface area contributed by atoms with Crippen LogP contribution in [0.5, 0.6) is 0 Å². The van der Waals surface area contributed by atoms with Gasteiger partial charge in [0, 0.05) is 11.4 Å². The number of carbonyl (C=O) groups is 1. The van der Waals surface area contributed by atoms with Crippen molar-refractivity contribution in [3.8, 4) is 0 Å². The standard InChI is InChI=1S/C15H14BrFN2O/c1-11(20)18-19(14-8-6-13(17)7-9-14)10-12-4-2-3-5-15(12)16/h2-9H,10H2,1H3,(H,18,20). The Hall–Kier alpha value is -1.88. The van der Waals surface area contributed by atoms with Gasteiger partial charge in [-0.15, -0.1) is 0 Å². The zero-order valence-electron chi connectivity index (χ0n) is 10.9. The second-order valence-corrected chi connectivity index (χ2v) is 5.18. The Bertz CT molecular complexity index is 601. The van der Waals surface area contributed by atoms with Crippen molar-refractivity contribution in [1.82, 2.24) is 5.43 Å². The van der Waals surface area contributed by atoms with Gasteiger partial charge in [-0.3, -0.25) is 15.2 Å². The molecule has 2 rings (SSSR count). The summed E-state index contributed by atoms with van der Waals surface area (Å²) in [6, 6.07) is 13.7. The maximum atomic E-state index is 13.0. The van der Waals surface area contributed by atoms with E-state index in [0.717, 1.165) is 15.7 Å². The number of halogens is 2. The third kappa shape index (κ3) is 3.81. The first kappa shape index (κ1) is 14.5. The summed E-state index contributed by atoms with van der Waals surface area (Å²) < 4.78 is 13.9. The SMILES string of the molecule is CC(=O)NN(Cc1ccccc1Br)c1ccc(F)cc1. The van der Waals surface area contributed by atoms with Gasteiger partial charge in [-0.2, -0.15) is 0 Å². The van der Waals surface area contributed by atoms with Crippen molar-refractivity contribution in [3.63, 3.8) is 0 Å². The average Bonchev–Trinajstić information content (AvgIpc) is 2.41. The zero-order chi connectivity index (χ0) is 14.5. The lowest BCUT2D eigenvalue weighted by molar-refractivity contribution is -0.119. The quantitative estimate of drug-likeness (QED) is 0.864. The van der Waals surface area contributed by atoms with Gasteiger partial charge in [0.1, 0.15) is 5.82 Å². The highest BCUT2D eigenvalue weighted by atomic mass is 79.9. The van der Waals surface area contributed by atoms with Gasteiger partial charge in [0.2, 0.25) is 5.91 Å². The highest BCUT2D eigenvalue weighted by Gasteiger charge is 2.10. The zero-order valence-corrected chi connectivity index (χ0v) is 12.5. The summed E-state index contributed by atoms with van der Waals surface area (Å²) >= 11 is 3.48. The summed E-state index contributed by atoms with van der Waals surface area (Å²) in [4.78, 5) is 11.3. The van der Waals surface area contributed by atoms with Gasteiger partial charge < -0.3 is 0 Å². The van der Waals surface area contributed by atoms with E-state index in [2.05, 4.69) is 21.4 Å². The van der Waals surface area contributed by atoms with Gasteiger partial charge in [0.05, 0.1) is 12.2 Å². The Morgan fingerprint density at radius 1 is 1.20 bits per heavy atom. The number of rotatable bonds is 4. The predicted molar refractivity (Wildman–Crippen MR) is 80.5 cm³/mol. The third-order valence-electron chi connectivity index (χ3n) is 2.72. The van der Waals surface area contributed by atoms with Crippen molar-refractivity contribution in [2.75, 3.05) is 5.01 Å². The summed E-state index contributed by atoms with van der Waals surface area (Å²) in [5.74, 6) is -0.487. The molecule has 0 radical (unpaired) electrons. The number of amides is 1. The molecule has 0 aliphatic rings. The first-order valence-corrected chi connectivity index (χ1v) is 6.89. The highest BCUT2D eigenvalue weighted by Crippen LogP contribution is 2.21. The van der Waals surface area contributed by atoms with Crippen LogP contribution in [-0.2, 0) is 11.3 Å². The molecule has 2 aromatic rings. The molecule has 0 aromatic heterocycles. The lowest BCUT2D eigenvalue weighted by Crippen LogP contribution is -2.40. The summed E-state index contributed by atoms with van der Waals surface area (Å²) in [6.07, 6.45) is 0. The minimum Gasteiger partial charge on any atom is -0.281 e. The van der Waals surface area contributed by atoms with Crippen LogP contribution in [0.25, 0.3) is 0 Å².